The SMILES string of the molecule is Cl.F.F.[F-].[F-].[K+].[K+]. The molecule has 0 nitrogen and oxygen atoms in total. The van der Waals surface area contributed by atoms with E-state index >= 15 is 0 Å². The van der Waals surface area contributed by atoms with Crippen molar-refractivity contribution in [2.24, 2.45) is 0 Å². The van der Waals surface area contributed by atoms with E-state index in [1.54, 1.807) is 0 Å². The summed E-state index contributed by atoms with van der Waals surface area (Å²) >= 11 is 0. The van der Waals surface area contributed by atoms with Gasteiger partial charge in [0.2, 0.25) is 0 Å². The zero-order valence-corrected chi connectivity index (χ0v) is 11.0. The summed E-state index contributed by atoms with van der Waals surface area (Å²) < 4.78 is 0. The number of hydrogen-bond donors (Lipinski definition) is 0. The van der Waals surface area contributed by atoms with E-state index in [0.29, 0.717) is 0 Å². The van der Waals surface area contributed by atoms with Gasteiger partial charge >= 0.3 is 103 Å². The molecule has 40 valence electrons. The Bertz CT molecular complexity index is 9.65. The zero-order chi connectivity index (χ0) is 0. The molecule has 0 aliphatic rings. The van der Waals surface area contributed by atoms with Crippen molar-refractivity contribution in [1.82, 2.24) is 0 Å². The van der Waals surface area contributed by atoms with Crippen LogP contribution in [0.4, 0.5) is 9.41 Å². The van der Waals surface area contributed by atoms with Gasteiger partial charge in [0.05, 0.1) is 0 Å². The Balaban J connectivity index is 0. The van der Waals surface area contributed by atoms with Crippen molar-refractivity contribution in [3.63, 3.8) is 0 Å². The van der Waals surface area contributed by atoms with Gasteiger partial charge in [0.15, 0.2) is 0 Å². The number of rotatable bonds is 0. The Morgan fingerprint density at radius 3 is 0.571 bits per heavy atom. The van der Waals surface area contributed by atoms with E-state index < -0.39 is 0 Å². The summed E-state index contributed by atoms with van der Waals surface area (Å²) in [5, 5.41) is 0. The molecule has 0 aliphatic carbocycles. The maximum Gasteiger partial charge on any atom is 1.00 e. The van der Waals surface area contributed by atoms with Crippen molar-refractivity contribution in [2.45, 2.75) is 0 Å². The van der Waals surface area contributed by atoms with E-state index in [1.807, 2.05) is 0 Å². The second-order valence-corrected chi connectivity index (χ2v) is 0. The third-order valence-corrected chi connectivity index (χ3v) is 0. The van der Waals surface area contributed by atoms with Crippen LogP contribution in [0.2, 0.25) is 0 Å². The molecule has 0 N–H and O–H groups in total. The van der Waals surface area contributed by atoms with E-state index in [4.69, 9.17) is 0 Å². The van der Waals surface area contributed by atoms with Gasteiger partial charge in [-0.1, -0.05) is 0 Å². The molecular formula is H3ClF4K2. The average molecular weight is 193 g/mol. The van der Waals surface area contributed by atoms with E-state index in [9.17, 15) is 0 Å². The molecule has 0 aromatic heterocycles. The molecule has 0 aliphatic heterocycles. The monoisotopic (exact) mass is 192 g/mol. The minimum absolute atomic E-state index is 0. The molecule has 0 radical (unpaired) electrons. The summed E-state index contributed by atoms with van der Waals surface area (Å²) in [5.41, 5.74) is 0. The van der Waals surface area contributed by atoms with Crippen LogP contribution in [0.25, 0.3) is 0 Å². The van der Waals surface area contributed by atoms with Gasteiger partial charge in [-0.15, -0.1) is 12.4 Å². The van der Waals surface area contributed by atoms with Gasteiger partial charge in [0.25, 0.3) is 0 Å². The molecule has 0 spiro atoms. The summed E-state index contributed by atoms with van der Waals surface area (Å²) in [6.45, 7) is 0. The van der Waals surface area contributed by atoms with Gasteiger partial charge in [-0.05, 0) is 0 Å². The van der Waals surface area contributed by atoms with E-state index in [-0.39, 0.29) is 134 Å². The Hall–Kier alpha value is 3.28. The predicted octanol–water partition coefficient (Wildman–Crippen LogP) is -11.3. The quantitative estimate of drug-likeness (QED) is 0.264. The molecule has 7 heteroatoms. The minimum atomic E-state index is 0. The van der Waals surface area contributed by atoms with Crippen molar-refractivity contribution < 1.29 is 122 Å². The number of hydrogen-bond acceptors (Lipinski definition) is 0. The Labute approximate surface area is 130 Å². The van der Waals surface area contributed by atoms with Crippen LogP contribution in [0, 0.1) is 0 Å². The molecule has 0 bridgehead atoms. The summed E-state index contributed by atoms with van der Waals surface area (Å²) in [6, 6.07) is 0. The van der Waals surface area contributed by atoms with Crippen LogP contribution in [0.15, 0.2) is 0 Å². The Kier molecular flexibility index (Phi) is 694. The van der Waals surface area contributed by atoms with E-state index in [0.717, 1.165) is 0 Å². The van der Waals surface area contributed by atoms with Crippen LogP contribution in [0.5, 0.6) is 0 Å². The Morgan fingerprint density at radius 1 is 0.571 bits per heavy atom. The van der Waals surface area contributed by atoms with Crippen molar-refractivity contribution in [2.75, 3.05) is 0 Å². The summed E-state index contributed by atoms with van der Waals surface area (Å²) in [5.74, 6) is 0. The van der Waals surface area contributed by atoms with Gasteiger partial charge in [-0.2, -0.15) is 0 Å². The van der Waals surface area contributed by atoms with Gasteiger partial charge in [-0.25, -0.2) is 0 Å². The molecular weight excluding hydrogens is 190 g/mol. The normalized spacial score (nSPS) is 0. The molecule has 0 saturated heterocycles. The van der Waals surface area contributed by atoms with Crippen LogP contribution in [-0.4, -0.2) is 0 Å². The third-order valence-electron chi connectivity index (χ3n) is 0. The summed E-state index contributed by atoms with van der Waals surface area (Å²) in [4.78, 5) is 0. The largest absolute Gasteiger partial charge is 1.00 e. The fourth-order valence-corrected chi connectivity index (χ4v) is 0. The van der Waals surface area contributed by atoms with Gasteiger partial charge in [0.1, 0.15) is 0 Å². The molecule has 0 amide bonds. The first-order chi connectivity index (χ1) is 0. The third kappa shape index (κ3) is 45.7. The maximum absolute atomic E-state index is 0. The molecule has 0 aromatic rings. The molecule has 0 saturated carbocycles. The predicted molar refractivity (Wildman–Crippen MR) is 12.3 cm³/mol. The van der Waals surface area contributed by atoms with Gasteiger partial charge in [0, 0.05) is 0 Å². The summed E-state index contributed by atoms with van der Waals surface area (Å²) in [6.07, 6.45) is 0. The smallest absolute Gasteiger partial charge is 1.00 e. The van der Waals surface area contributed by atoms with Crippen LogP contribution >= 0.6 is 12.4 Å². The van der Waals surface area contributed by atoms with E-state index in [2.05, 4.69) is 0 Å². The number of halogens is 5. The van der Waals surface area contributed by atoms with Gasteiger partial charge in [-0.3, -0.25) is 9.41 Å². The molecule has 0 atom stereocenters. The van der Waals surface area contributed by atoms with Crippen LogP contribution in [-0.2, 0) is 0 Å². The summed E-state index contributed by atoms with van der Waals surface area (Å²) in [7, 11) is 0. The second-order valence-electron chi connectivity index (χ2n) is 0. The standard InChI is InChI=1S/ClH.4FH.2K/h5*1H;;/q;;;;;2*+1/p-2. The molecule has 0 aromatic carbocycles. The van der Waals surface area contributed by atoms with Crippen LogP contribution < -0.4 is 112 Å². The first kappa shape index (κ1) is 82.2. The molecule has 0 rings (SSSR count). The molecule has 7 heavy (non-hydrogen) atoms. The van der Waals surface area contributed by atoms with Crippen molar-refractivity contribution in [3.05, 3.63) is 0 Å². The second kappa shape index (κ2) is 59.1. The van der Waals surface area contributed by atoms with Crippen molar-refractivity contribution in [1.29, 1.82) is 0 Å². The molecule has 0 unspecified atom stereocenters. The first-order valence-electron chi connectivity index (χ1n) is 0. The fraction of sp³-hybridized carbons (Fsp3) is 0. The molecule has 0 fully saturated rings. The van der Waals surface area contributed by atoms with Crippen molar-refractivity contribution >= 4 is 12.4 Å². The zero-order valence-electron chi connectivity index (χ0n) is 3.98. The fourth-order valence-electron chi connectivity index (χ4n) is 0. The molecule has 0 heterocycles. The topological polar surface area (TPSA) is 0 Å². The Morgan fingerprint density at radius 2 is 0.571 bits per heavy atom. The maximum atomic E-state index is 0. The first-order valence-corrected chi connectivity index (χ1v) is 0. The minimum Gasteiger partial charge on any atom is -1.00 e. The van der Waals surface area contributed by atoms with Crippen LogP contribution in [0.1, 0.15) is 0 Å². The van der Waals surface area contributed by atoms with Crippen molar-refractivity contribution in [3.8, 4) is 0 Å². The van der Waals surface area contributed by atoms with E-state index in [1.165, 1.54) is 0 Å². The average Bonchev–Trinajstić information content (AvgIpc) is 0. The van der Waals surface area contributed by atoms with Gasteiger partial charge < -0.3 is 9.41 Å². The van der Waals surface area contributed by atoms with Crippen LogP contribution in [0.3, 0.4) is 0 Å².